The molecule has 1 saturated carbocycles. The molecule has 100 valence electrons. The van der Waals surface area contributed by atoms with E-state index in [9.17, 15) is 14.4 Å². The zero-order valence-electron chi connectivity index (χ0n) is 10.2. The predicted molar refractivity (Wildman–Crippen MR) is 60.1 cm³/mol. The van der Waals surface area contributed by atoms with Crippen molar-refractivity contribution in [1.29, 1.82) is 0 Å². The van der Waals surface area contributed by atoms with Crippen molar-refractivity contribution in [2.24, 2.45) is 11.8 Å². The quantitative estimate of drug-likeness (QED) is 0.467. The molecule has 0 amide bonds. The van der Waals surface area contributed by atoms with Gasteiger partial charge >= 0.3 is 17.9 Å². The first-order valence-corrected chi connectivity index (χ1v) is 5.74. The summed E-state index contributed by atoms with van der Waals surface area (Å²) in [7, 11) is 0. The Balaban J connectivity index is 2.56. The predicted octanol–water partition coefficient (Wildman–Crippen LogP) is 1.45. The summed E-state index contributed by atoms with van der Waals surface area (Å²) in [5.41, 5.74) is 0.0984. The summed E-state index contributed by atoms with van der Waals surface area (Å²) < 4.78 is 0. The van der Waals surface area contributed by atoms with Crippen LogP contribution >= 0.6 is 0 Å². The maximum Gasteiger partial charge on any atom is 0.381 e. The first kappa shape index (κ1) is 14.2. The van der Waals surface area contributed by atoms with Crippen molar-refractivity contribution >= 4 is 17.9 Å². The number of hydrogen-bond donors (Lipinski definition) is 1. The van der Waals surface area contributed by atoms with Gasteiger partial charge in [-0.1, -0.05) is 19.4 Å². The average molecular weight is 256 g/mol. The summed E-state index contributed by atoms with van der Waals surface area (Å²) >= 11 is 0. The Morgan fingerprint density at radius 2 is 1.67 bits per heavy atom. The van der Waals surface area contributed by atoms with Gasteiger partial charge in [-0.15, -0.1) is 0 Å². The molecule has 1 aliphatic rings. The van der Waals surface area contributed by atoms with Crippen LogP contribution in [-0.2, 0) is 24.2 Å². The Morgan fingerprint density at radius 3 is 2.17 bits per heavy atom. The first-order chi connectivity index (χ1) is 8.43. The van der Waals surface area contributed by atoms with Gasteiger partial charge in [0.15, 0.2) is 0 Å². The van der Waals surface area contributed by atoms with Crippen molar-refractivity contribution in [3.05, 3.63) is 12.2 Å². The molecular formula is C12H16O6. The number of carbonyl (C=O) groups is 3. The second-order valence-corrected chi connectivity index (χ2v) is 4.39. The molecular weight excluding hydrogens is 240 g/mol. The molecule has 0 aromatic rings. The van der Waals surface area contributed by atoms with Crippen molar-refractivity contribution in [3.63, 3.8) is 0 Å². The van der Waals surface area contributed by atoms with Gasteiger partial charge in [0.2, 0.25) is 0 Å². The number of aliphatic carboxylic acids is 1. The van der Waals surface area contributed by atoms with E-state index >= 15 is 0 Å². The summed E-state index contributed by atoms with van der Waals surface area (Å²) in [5, 5.41) is 8.99. The van der Waals surface area contributed by atoms with Crippen LogP contribution in [0.3, 0.4) is 0 Å². The Hall–Kier alpha value is -1.85. The molecule has 0 spiro atoms. The van der Waals surface area contributed by atoms with Crippen LogP contribution in [0, 0.1) is 11.8 Å². The molecule has 1 rings (SSSR count). The maximum absolute atomic E-state index is 11.6. The van der Waals surface area contributed by atoms with Crippen molar-refractivity contribution in [2.45, 2.75) is 32.6 Å². The molecule has 6 nitrogen and oxygen atoms in total. The molecule has 0 radical (unpaired) electrons. The number of rotatable bonds is 3. The van der Waals surface area contributed by atoms with Crippen LogP contribution < -0.4 is 0 Å². The van der Waals surface area contributed by atoms with E-state index in [2.05, 4.69) is 16.4 Å². The molecule has 0 bridgehead atoms. The molecule has 1 aliphatic carbocycles. The van der Waals surface area contributed by atoms with E-state index in [0.717, 1.165) is 12.8 Å². The third kappa shape index (κ3) is 3.58. The Bertz CT molecular complexity index is 373. The number of carboxylic acid groups (broad SMARTS) is 1. The van der Waals surface area contributed by atoms with E-state index in [1.54, 1.807) is 0 Å². The highest BCUT2D eigenvalue weighted by Gasteiger charge is 2.37. The molecule has 18 heavy (non-hydrogen) atoms. The number of carbonyl (C=O) groups excluding carboxylic acids is 2. The van der Waals surface area contributed by atoms with E-state index < -0.39 is 29.7 Å². The van der Waals surface area contributed by atoms with E-state index in [1.807, 2.05) is 0 Å². The standard InChI is InChI=1S/C12H16O6/c1-7(2)11(15)17-18-12(16)9-6-4-3-5-8(9)10(13)14/h8-9H,1,3-6H2,2H3,(H,13,14). The summed E-state index contributed by atoms with van der Waals surface area (Å²) in [6.45, 7) is 4.74. The zero-order valence-corrected chi connectivity index (χ0v) is 10.2. The highest BCUT2D eigenvalue weighted by Crippen LogP contribution is 2.31. The summed E-state index contributed by atoms with van der Waals surface area (Å²) in [6, 6.07) is 0. The highest BCUT2D eigenvalue weighted by molar-refractivity contribution is 5.87. The lowest BCUT2D eigenvalue weighted by atomic mass is 9.79. The third-order valence-electron chi connectivity index (χ3n) is 2.93. The van der Waals surface area contributed by atoms with Crippen LogP contribution in [0.25, 0.3) is 0 Å². The third-order valence-corrected chi connectivity index (χ3v) is 2.93. The second kappa shape index (κ2) is 6.18. The van der Waals surface area contributed by atoms with Crippen molar-refractivity contribution in [3.8, 4) is 0 Å². The van der Waals surface area contributed by atoms with Crippen molar-refractivity contribution < 1.29 is 29.3 Å². The van der Waals surface area contributed by atoms with Crippen LogP contribution in [0.4, 0.5) is 0 Å². The topological polar surface area (TPSA) is 89.9 Å². The lowest BCUT2D eigenvalue weighted by Gasteiger charge is -2.25. The largest absolute Gasteiger partial charge is 0.481 e. The Morgan fingerprint density at radius 1 is 1.11 bits per heavy atom. The van der Waals surface area contributed by atoms with E-state index in [1.165, 1.54) is 6.92 Å². The van der Waals surface area contributed by atoms with Gasteiger partial charge in [0.1, 0.15) is 0 Å². The molecule has 6 heteroatoms. The highest BCUT2D eigenvalue weighted by atomic mass is 17.2. The van der Waals surface area contributed by atoms with E-state index in [4.69, 9.17) is 5.11 Å². The van der Waals surface area contributed by atoms with Gasteiger partial charge in [0.25, 0.3) is 0 Å². The van der Waals surface area contributed by atoms with Gasteiger partial charge < -0.3 is 5.11 Å². The van der Waals surface area contributed by atoms with Gasteiger partial charge in [-0.05, 0) is 19.8 Å². The minimum absolute atomic E-state index is 0.0984. The molecule has 2 atom stereocenters. The van der Waals surface area contributed by atoms with Crippen molar-refractivity contribution in [2.75, 3.05) is 0 Å². The SMILES string of the molecule is C=C(C)C(=O)OOC(=O)C1CCCCC1C(=O)O. The Kier molecular flexibility index (Phi) is 4.88. The van der Waals surface area contributed by atoms with Gasteiger partial charge in [-0.25, -0.2) is 19.4 Å². The smallest absolute Gasteiger partial charge is 0.381 e. The van der Waals surface area contributed by atoms with Gasteiger partial charge in [0.05, 0.1) is 11.8 Å². The molecule has 0 aromatic carbocycles. The summed E-state index contributed by atoms with van der Waals surface area (Å²) in [6.07, 6.45) is 2.40. The van der Waals surface area contributed by atoms with Crippen LogP contribution in [0.1, 0.15) is 32.6 Å². The first-order valence-electron chi connectivity index (χ1n) is 5.74. The number of carboxylic acids is 1. The second-order valence-electron chi connectivity index (χ2n) is 4.39. The minimum Gasteiger partial charge on any atom is -0.481 e. The van der Waals surface area contributed by atoms with Gasteiger partial charge in [0, 0.05) is 5.57 Å². The molecule has 2 unspecified atom stereocenters. The fourth-order valence-corrected chi connectivity index (χ4v) is 1.92. The van der Waals surface area contributed by atoms with Gasteiger partial charge in [-0.2, -0.15) is 0 Å². The summed E-state index contributed by atoms with van der Waals surface area (Å²) in [4.78, 5) is 42.3. The fraction of sp³-hybridized carbons (Fsp3) is 0.583. The van der Waals surface area contributed by atoms with Crippen molar-refractivity contribution in [1.82, 2.24) is 0 Å². The maximum atomic E-state index is 11.6. The van der Waals surface area contributed by atoms with Crippen LogP contribution in [0.2, 0.25) is 0 Å². The lowest BCUT2D eigenvalue weighted by Crippen LogP contribution is -2.34. The zero-order chi connectivity index (χ0) is 13.7. The molecule has 1 fully saturated rings. The minimum atomic E-state index is -1.03. The molecule has 1 N–H and O–H groups in total. The monoisotopic (exact) mass is 256 g/mol. The molecule has 0 saturated heterocycles. The number of hydrogen-bond acceptors (Lipinski definition) is 5. The fourth-order valence-electron chi connectivity index (χ4n) is 1.92. The van der Waals surface area contributed by atoms with E-state index in [0.29, 0.717) is 12.8 Å². The molecule has 0 aliphatic heterocycles. The van der Waals surface area contributed by atoms with Crippen LogP contribution in [0.15, 0.2) is 12.2 Å². The Labute approximate surface area is 104 Å². The molecule has 0 heterocycles. The normalized spacial score (nSPS) is 22.9. The van der Waals surface area contributed by atoms with Gasteiger partial charge in [-0.3, -0.25) is 4.79 Å². The van der Waals surface area contributed by atoms with Crippen LogP contribution in [0.5, 0.6) is 0 Å². The van der Waals surface area contributed by atoms with Crippen LogP contribution in [-0.4, -0.2) is 23.0 Å². The summed E-state index contributed by atoms with van der Waals surface area (Å²) in [5.74, 6) is -4.20. The lowest BCUT2D eigenvalue weighted by molar-refractivity contribution is -0.260. The van der Waals surface area contributed by atoms with E-state index in [-0.39, 0.29) is 5.57 Å². The molecule has 0 aromatic heterocycles. The average Bonchev–Trinajstić information content (AvgIpc) is 2.35.